The van der Waals surface area contributed by atoms with Gasteiger partial charge < -0.3 is 15.1 Å². The van der Waals surface area contributed by atoms with Crippen LogP contribution in [0.15, 0.2) is 58.6 Å². The first-order chi connectivity index (χ1) is 12.5. The number of benzene rings is 1. The smallest absolute Gasteiger partial charge is 0.374 e. The van der Waals surface area contributed by atoms with E-state index in [1.54, 1.807) is 18.2 Å². The Morgan fingerprint density at radius 1 is 1.23 bits per heavy atom. The molecule has 0 radical (unpaired) electrons. The molecule has 1 heterocycles. The molecule has 0 saturated carbocycles. The van der Waals surface area contributed by atoms with Gasteiger partial charge in [-0.15, -0.1) is 11.3 Å². The van der Waals surface area contributed by atoms with Gasteiger partial charge in [-0.3, -0.25) is 4.99 Å². The fourth-order valence-corrected chi connectivity index (χ4v) is 2.82. The highest BCUT2D eigenvalue weighted by Gasteiger charge is 2.14. The molecule has 3 N–H and O–H groups in total. The normalized spacial score (nSPS) is 11.9. The number of hydrogen-bond donors (Lipinski definition) is 3. The third-order valence-corrected chi connectivity index (χ3v) is 4.33. The summed E-state index contributed by atoms with van der Waals surface area (Å²) in [5, 5.41) is 20.1. The van der Waals surface area contributed by atoms with Crippen LogP contribution in [0, 0.1) is 0 Å². The summed E-state index contributed by atoms with van der Waals surface area (Å²) in [6.45, 7) is 0.373. The minimum atomic E-state index is -1.51. The number of nitrogens with one attached hydrogen (secondary N) is 1. The van der Waals surface area contributed by atoms with Gasteiger partial charge in [-0.2, -0.15) is 0 Å². The minimum Gasteiger partial charge on any atom is -0.478 e. The van der Waals surface area contributed by atoms with E-state index in [4.69, 9.17) is 26.7 Å². The Hall–Kier alpha value is -2.84. The van der Waals surface area contributed by atoms with Crippen molar-refractivity contribution in [3.8, 4) is 0 Å². The molecule has 0 saturated heterocycles. The summed E-state index contributed by atoms with van der Waals surface area (Å²) in [5.74, 6) is -3.41. The molecule has 0 fully saturated rings. The predicted molar refractivity (Wildman–Crippen MR) is 98.5 cm³/mol. The maximum absolute atomic E-state index is 11.0. The van der Waals surface area contributed by atoms with E-state index < -0.39 is 17.7 Å². The lowest BCUT2D eigenvalue weighted by Gasteiger charge is -2.10. The van der Waals surface area contributed by atoms with Crippen molar-refractivity contribution in [2.75, 3.05) is 6.54 Å². The van der Waals surface area contributed by atoms with Crippen LogP contribution in [0.3, 0.4) is 0 Å². The fraction of sp³-hybridized carbons (Fsp3) is 0.118. The van der Waals surface area contributed by atoms with E-state index in [0.717, 1.165) is 5.56 Å². The van der Waals surface area contributed by atoms with Crippen molar-refractivity contribution in [2.45, 2.75) is 6.42 Å². The average molecular weight is 395 g/mol. The predicted octanol–water partition coefficient (Wildman–Crippen LogP) is 2.97. The molecule has 0 amide bonds. The molecule has 7 nitrogen and oxygen atoms in total. The monoisotopic (exact) mass is 394 g/mol. The van der Waals surface area contributed by atoms with Crippen LogP contribution in [0.25, 0.3) is 0 Å². The Morgan fingerprint density at radius 3 is 2.62 bits per heavy atom. The topological polar surface area (TPSA) is 108 Å². The molecule has 0 aliphatic rings. The lowest BCUT2D eigenvalue weighted by molar-refractivity contribution is -0.139. The van der Waals surface area contributed by atoms with Gasteiger partial charge in [0.25, 0.3) is 0 Å². The van der Waals surface area contributed by atoms with Crippen molar-refractivity contribution in [1.29, 1.82) is 0 Å². The number of thiophene rings is 1. The van der Waals surface area contributed by atoms with Crippen molar-refractivity contribution in [3.63, 3.8) is 0 Å². The Balaban J connectivity index is 2.10. The summed E-state index contributed by atoms with van der Waals surface area (Å²) in [7, 11) is 0. The van der Waals surface area contributed by atoms with Gasteiger partial charge in [-0.1, -0.05) is 35.9 Å². The summed E-state index contributed by atoms with van der Waals surface area (Å²) < 4.78 is 0. The van der Waals surface area contributed by atoms with Crippen LogP contribution in [-0.2, 0) is 20.8 Å². The molecule has 9 heteroatoms. The quantitative estimate of drug-likeness (QED) is 0.209. The number of carboxylic acid groups (broad SMARTS) is 2. The van der Waals surface area contributed by atoms with Crippen LogP contribution in [-0.4, -0.2) is 34.5 Å². The van der Waals surface area contributed by atoms with Gasteiger partial charge in [0.2, 0.25) is 5.76 Å². The third kappa shape index (κ3) is 5.91. The molecule has 136 valence electrons. The average Bonchev–Trinajstić information content (AvgIpc) is 3.12. The van der Waals surface area contributed by atoms with Crippen LogP contribution in [0.4, 0.5) is 0 Å². The number of carbonyl (C=O) groups is 2. The number of hydroxylamine groups is 1. The molecule has 0 aliphatic carbocycles. The first-order valence-electron chi connectivity index (χ1n) is 7.40. The van der Waals surface area contributed by atoms with Gasteiger partial charge in [0.1, 0.15) is 0 Å². The molecule has 26 heavy (non-hydrogen) atoms. The van der Waals surface area contributed by atoms with Gasteiger partial charge in [0.05, 0.1) is 11.0 Å². The maximum Gasteiger partial charge on any atom is 0.374 e. The van der Waals surface area contributed by atoms with Crippen LogP contribution < -0.4 is 5.48 Å². The van der Waals surface area contributed by atoms with Crippen molar-refractivity contribution in [2.24, 2.45) is 4.99 Å². The second-order valence-corrected chi connectivity index (χ2v) is 6.26. The largest absolute Gasteiger partial charge is 0.478 e. The number of hydrogen-bond acceptors (Lipinski definition) is 5. The molecule has 2 rings (SSSR count). The Labute approximate surface area is 158 Å². The number of rotatable bonds is 8. The zero-order valence-electron chi connectivity index (χ0n) is 13.4. The number of amidine groups is 1. The van der Waals surface area contributed by atoms with Gasteiger partial charge in [-0.05, 0) is 29.5 Å². The lowest BCUT2D eigenvalue weighted by atomic mass is 10.1. The highest BCUT2D eigenvalue weighted by molar-refractivity contribution is 7.12. The number of carboxylic acids is 2. The van der Waals surface area contributed by atoms with E-state index >= 15 is 0 Å². The number of nitrogens with zero attached hydrogens (tertiary/aromatic N) is 1. The minimum absolute atomic E-state index is 0.296. The zero-order chi connectivity index (χ0) is 18.9. The Bertz CT molecular complexity index is 833. The molecular formula is C17H15ClN2O5S. The zero-order valence-corrected chi connectivity index (χ0v) is 15.0. The molecule has 2 aromatic rings. The van der Waals surface area contributed by atoms with Crippen molar-refractivity contribution in [3.05, 3.63) is 69.1 Å². The fourth-order valence-electron chi connectivity index (χ4n) is 1.91. The van der Waals surface area contributed by atoms with E-state index in [2.05, 4.69) is 10.5 Å². The molecular weight excluding hydrogens is 380 g/mol. The van der Waals surface area contributed by atoms with Gasteiger partial charge >= 0.3 is 11.9 Å². The van der Waals surface area contributed by atoms with Crippen molar-refractivity contribution < 1.29 is 24.6 Å². The molecule has 0 unspecified atom stereocenters. The van der Waals surface area contributed by atoms with E-state index in [1.165, 1.54) is 11.3 Å². The lowest BCUT2D eigenvalue weighted by Crippen LogP contribution is -2.27. The van der Waals surface area contributed by atoms with Crippen molar-refractivity contribution >= 4 is 40.7 Å². The van der Waals surface area contributed by atoms with E-state index in [0.29, 0.717) is 34.8 Å². The number of aliphatic carboxylic acids is 2. The summed E-state index contributed by atoms with van der Waals surface area (Å²) in [6, 6.07) is 11.0. The second-order valence-electron chi connectivity index (χ2n) is 4.91. The van der Waals surface area contributed by atoms with E-state index in [1.807, 2.05) is 23.6 Å². The van der Waals surface area contributed by atoms with Crippen LogP contribution in [0.5, 0.6) is 0 Å². The SMILES string of the molecule is O=C(O)C=C(ONC(=NCCc1ccccc1Cl)c1cccs1)C(=O)O. The van der Waals surface area contributed by atoms with Crippen LogP contribution in [0.1, 0.15) is 10.4 Å². The van der Waals surface area contributed by atoms with Gasteiger partial charge in [0.15, 0.2) is 5.84 Å². The highest BCUT2D eigenvalue weighted by Crippen LogP contribution is 2.16. The van der Waals surface area contributed by atoms with Gasteiger partial charge in [0, 0.05) is 11.6 Å². The Kier molecular flexibility index (Phi) is 7.19. The highest BCUT2D eigenvalue weighted by atomic mass is 35.5. The number of aliphatic imine (C=N–C) groups is 1. The first-order valence-corrected chi connectivity index (χ1v) is 8.65. The summed E-state index contributed by atoms with van der Waals surface area (Å²) in [4.78, 5) is 31.7. The van der Waals surface area contributed by atoms with Gasteiger partial charge in [-0.25, -0.2) is 15.1 Å². The summed E-state index contributed by atoms with van der Waals surface area (Å²) in [5.41, 5.74) is 3.36. The standard InChI is InChI=1S/C17H15ClN2O5S/c18-12-5-2-1-4-11(12)7-8-19-16(14-6-3-9-26-14)20-25-13(17(23)24)10-15(21)22/h1-6,9-10H,7-8H2,(H,19,20)(H,21,22)(H,23,24). The van der Waals surface area contributed by atoms with E-state index in [9.17, 15) is 9.59 Å². The van der Waals surface area contributed by atoms with Crippen LogP contribution >= 0.6 is 22.9 Å². The van der Waals surface area contributed by atoms with Crippen molar-refractivity contribution in [1.82, 2.24) is 5.48 Å². The molecule has 1 aromatic heterocycles. The molecule has 0 spiro atoms. The Morgan fingerprint density at radius 2 is 2.00 bits per heavy atom. The van der Waals surface area contributed by atoms with E-state index in [-0.39, 0.29) is 0 Å². The summed E-state index contributed by atoms with van der Waals surface area (Å²) >= 11 is 7.48. The van der Waals surface area contributed by atoms with Crippen LogP contribution in [0.2, 0.25) is 5.02 Å². The maximum atomic E-state index is 11.0. The third-order valence-electron chi connectivity index (χ3n) is 3.09. The second kappa shape index (κ2) is 9.59. The first kappa shape index (κ1) is 19.5. The molecule has 0 bridgehead atoms. The number of halogens is 1. The molecule has 0 atom stereocenters. The molecule has 1 aromatic carbocycles. The molecule has 0 aliphatic heterocycles. The summed E-state index contributed by atoms with van der Waals surface area (Å²) in [6.07, 6.45) is 1.03.